The maximum atomic E-state index is 13.4. The number of carbonyl (C=O) groups excluding carboxylic acids is 1. The van der Waals surface area contributed by atoms with Crippen molar-refractivity contribution in [1.29, 1.82) is 0 Å². The molecular weight excluding hydrogens is 442 g/mol. The van der Waals surface area contributed by atoms with E-state index in [2.05, 4.69) is 5.32 Å². The summed E-state index contributed by atoms with van der Waals surface area (Å²) in [4.78, 5) is 22.8. The van der Waals surface area contributed by atoms with Gasteiger partial charge < -0.3 is 5.32 Å². The molecule has 0 saturated heterocycles. The van der Waals surface area contributed by atoms with Crippen LogP contribution >= 0.6 is 11.6 Å². The van der Waals surface area contributed by atoms with Gasteiger partial charge in [0, 0.05) is 11.8 Å². The summed E-state index contributed by atoms with van der Waals surface area (Å²) in [5, 5.41) is 13.7. The minimum absolute atomic E-state index is 0.187. The maximum absolute atomic E-state index is 13.4. The third-order valence-electron chi connectivity index (χ3n) is 4.45. The third kappa shape index (κ3) is 5.01. The number of aryl methyl sites for hydroxylation is 1. The van der Waals surface area contributed by atoms with E-state index in [1.807, 2.05) is 19.1 Å². The standard InChI is InChI=1S/C21H18ClN3O5S/c1-15-7-5-6-10-19(15)23-21(26)14-24(16-8-3-2-4-9-16)31(29,30)17-11-12-18(22)20(13-17)25(27)28/h2-13H,14H2,1H3,(H,23,26). The van der Waals surface area contributed by atoms with Crippen molar-refractivity contribution < 1.29 is 18.1 Å². The Morgan fingerprint density at radius 1 is 1.06 bits per heavy atom. The molecule has 0 fully saturated rings. The number of nitrogens with zero attached hydrogens (tertiary/aromatic N) is 2. The third-order valence-corrected chi connectivity index (χ3v) is 6.54. The van der Waals surface area contributed by atoms with Crippen molar-refractivity contribution in [3.05, 3.63) is 93.5 Å². The molecule has 8 nitrogen and oxygen atoms in total. The lowest BCUT2D eigenvalue weighted by Gasteiger charge is -2.24. The number of amides is 1. The molecule has 10 heteroatoms. The van der Waals surface area contributed by atoms with Gasteiger partial charge in [-0.3, -0.25) is 19.2 Å². The number of nitro groups is 1. The molecule has 0 bridgehead atoms. The fourth-order valence-corrected chi connectivity index (χ4v) is 4.49. The molecular formula is C21H18ClN3O5S. The Morgan fingerprint density at radius 2 is 1.71 bits per heavy atom. The Labute approximate surface area is 184 Å². The van der Waals surface area contributed by atoms with E-state index < -0.39 is 33.1 Å². The van der Waals surface area contributed by atoms with Crippen LogP contribution in [0.3, 0.4) is 0 Å². The van der Waals surface area contributed by atoms with Gasteiger partial charge in [0.1, 0.15) is 11.6 Å². The van der Waals surface area contributed by atoms with E-state index in [0.717, 1.165) is 22.0 Å². The highest BCUT2D eigenvalue weighted by molar-refractivity contribution is 7.92. The second-order valence-electron chi connectivity index (χ2n) is 6.58. The molecule has 0 aliphatic rings. The number of hydrogen-bond acceptors (Lipinski definition) is 5. The molecule has 3 rings (SSSR count). The predicted molar refractivity (Wildman–Crippen MR) is 119 cm³/mol. The number of sulfonamides is 1. The molecule has 0 atom stereocenters. The van der Waals surface area contributed by atoms with Crippen molar-refractivity contribution in [2.24, 2.45) is 0 Å². The summed E-state index contributed by atoms with van der Waals surface area (Å²) in [6.45, 7) is 1.28. The highest BCUT2D eigenvalue weighted by Crippen LogP contribution is 2.30. The number of anilines is 2. The number of hydrogen-bond donors (Lipinski definition) is 1. The van der Waals surface area contributed by atoms with E-state index >= 15 is 0 Å². The number of nitro benzene ring substituents is 1. The van der Waals surface area contributed by atoms with Crippen LogP contribution in [0.15, 0.2) is 77.7 Å². The van der Waals surface area contributed by atoms with Crippen LogP contribution in [0.4, 0.5) is 17.1 Å². The number of para-hydroxylation sites is 2. The zero-order valence-electron chi connectivity index (χ0n) is 16.4. The van der Waals surface area contributed by atoms with Crippen LogP contribution in [-0.4, -0.2) is 25.8 Å². The molecule has 0 aliphatic carbocycles. The summed E-state index contributed by atoms with van der Waals surface area (Å²) >= 11 is 5.81. The molecule has 0 saturated carbocycles. The average Bonchev–Trinajstić information content (AvgIpc) is 2.74. The summed E-state index contributed by atoms with van der Waals surface area (Å²) in [5.41, 5.74) is 1.07. The van der Waals surface area contributed by atoms with Gasteiger partial charge in [-0.15, -0.1) is 0 Å². The van der Waals surface area contributed by atoms with Gasteiger partial charge in [0.25, 0.3) is 15.7 Å². The molecule has 0 radical (unpaired) electrons. The summed E-state index contributed by atoms with van der Waals surface area (Å²) in [7, 11) is -4.31. The maximum Gasteiger partial charge on any atom is 0.289 e. The first kappa shape index (κ1) is 22.3. The zero-order valence-corrected chi connectivity index (χ0v) is 17.9. The van der Waals surface area contributed by atoms with Crippen LogP contribution in [0.25, 0.3) is 0 Å². The molecule has 0 spiro atoms. The smallest absolute Gasteiger partial charge is 0.289 e. The number of halogens is 1. The molecule has 1 amide bonds. The first-order valence-corrected chi connectivity index (χ1v) is 10.9. The summed E-state index contributed by atoms with van der Waals surface area (Å²) in [6.07, 6.45) is 0. The van der Waals surface area contributed by atoms with Gasteiger partial charge in [0.15, 0.2) is 0 Å². The molecule has 0 unspecified atom stereocenters. The normalized spacial score (nSPS) is 11.0. The van der Waals surface area contributed by atoms with Crippen LogP contribution in [0.2, 0.25) is 5.02 Å². The first-order valence-electron chi connectivity index (χ1n) is 9.07. The van der Waals surface area contributed by atoms with Crippen molar-refractivity contribution >= 4 is 44.6 Å². The molecule has 3 aromatic carbocycles. The lowest BCUT2D eigenvalue weighted by Crippen LogP contribution is -2.38. The molecule has 0 aliphatic heterocycles. The lowest BCUT2D eigenvalue weighted by molar-refractivity contribution is -0.384. The Bertz CT molecular complexity index is 1230. The van der Waals surface area contributed by atoms with Gasteiger partial charge in [0.2, 0.25) is 5.91 Å². The second-order valence-corrected chi connectivity index (χ2v) is 8.85. The number of benzene rings is 3. The Hall–Kier alpha value is -3.43. The molecule has 1 N–H and O–H groups in total. The zero-order chi connectivity index (χ0) is 22.6. The number of rotatable bonds is 7. The SMILES string of the molecule is Cc1ccccc1NC(=O)CN(c1ccccc1)S(=O)(=O)c1ccc(Cl)c([N+](=O)[O-])c1. The minimum Gasteiger partial charge on any atom is -0.324 e. The largest absolute Gasteiger partial charge is 0.324 e. The van der Waals surface area contributed by atoms with E-state index in [4.69, 9.17) is 11.6 Å². The fourth-order valence-electron chi connectivity index (χ4n) is 2.86. The van der Waals surface area contributed by atoms with Crippen LogP contribution in [-0.2, 0) is 14.8 Å². The number of carbonyl (C=O) groups is 1. The predicted octanol–water partition coefficient (Wildman–Crippen LogP) is 4.39. The topological polar surface area (TPSA) is 110 Å². The second kappa shape index (κ2) is 9.15. The van der Waals surface area contributed by atoms with Crippen molar-refractivity contribution in [3.63, 3.8) is 0 Å². The number of nitrogens with one attached hydrogen (secondary N) is 1. The fraction of sp³-hybridized carbons (Fsp3) is 0.0952. The van der Waals surface area contributed by atoms with Crippen LogP contribution in [0.1, 0.15) is 5.56 Å². The van der Waals surface area contributed by atoms with E-state index in [1.54, 1.807) is 30.3 Å². The minimum atomic E-state index is -4.31. The summed E-state index contributed by atoms with van der Waals surface area (Å²) in [5.74, 6) is -0.565. The molecule has 0 aromatic heterocycles. The highest BCUT2D eigenvalue weighted by Gasteiger charge is 2.29. The first-order chi connectivity index (χ1) is 14.7. The van der Waals surface area contributed by atoms with Gasteiger partial charge >= 0.3 is 0 Å². The highest BCUT2D eigenvalue weighted by atomic mass is 35.5. The Morgan fingerprint density at radius 3 is 2.35 bits per heavy atom. The van der Waals surface area contributed by atoms with Gasteiger partial charge in [-0.25, -0.2) is 8.42 Å². The molecule has 160 valence electrons. The Kier molecular flexibility index (Phi) is 6.57. The van der Waals surface area contributed by atoms with Crippen LogP contribution in [0.5, 0.6) is 0 Å². The average molecular weight is 460 g/mol. The molecule has 3 aromatic rings. The summed E-state index contributed by atoms with van der Waals surface area (Å²) in [6, 6.07) is 18.3. The summed E-state index contributed by atoms with van der Waals surface area (Å²) < 4.78 is 27.6. The van der Waals surface area contributed by atoms with Crippen LogP contribution in [0, 0.1) is 17.0 Å². The molecule has 31 heavy (non-hydrogen) atoms. The quantitative estimate of drug-likeness (QED) is 0.416. The van der Waals surface area contributed by atoms with Gasteiger partial charge in [-0.2, -0.15) is 0 Å². The Balaban J connectivity index is 1.99. The molecule has 0 heterocycles. The van der Waals surface area contributed by atoms with Crippen molar-refractivity contribution in [3.8, 4) is 0 Å². The van der Waals surface area contributed by atoms with Gasteiger partial charge in [-0.05, 0) is 42.8 Å². The van der Waals surface area contributed by atoms with E-state index in [1.165, 1.54) is 18.2 Å². The monoisotopic (exact) mass is 459 g/mol. The van der Waals surface area contributed by atoms with Crippen molar-refractivity contribution in [2.75, 3.05) is 16.2 Å². The van der Waals surface area contributed by atoms with E-state index in [-0.39, 0.29) is 15.6 Å². The van der Waals surface area contributed by atoms with E-state index in [0.29, 0.717) is 5.69 Å². The van der Waals surface area contributed by atoms with Crippen molar-refractivity contribution in [2.45, 2.75) is 11.8 Å². The van der Waals surface area contributed by atoms with Crippen LogP contribution < -0.4 is 9.62 Å². The lowest BCUT2D eigenvalue weighted by atomic mass is 10.2. The van der Waals surface area contributed by atoms with Crippen molar-refractivity contribution in [1.82, 2.24) is 0 Å². The van der Waals surface area contributed by atoms with Gasteiger partial charge in [0.05, 0.1) is 15.5 Å². The van der Waals surface area contributed by atoms with Gasteiger partial charge in [-0.1, -0.05) is 48.0 Å². The van der Waals surface area contributed by atoms with E-state index in [9.17, 15) is 23.3 Å².